The van der Waals surface area contributed by atoms with Crippen LogP contribution in [0, 0.1) is 5.92 Å². The Labute approximate surface area is 145 Å². The smallest absolute Gasteiger partial charge is 0.276 e. The number of fused-ring (bicyclic) bond motifs is 1. The molecule has 3 aromatic rings. The van der Waals surface area contributed by atoms with Crippen LogP contribution in [0.3, 0.4) is 0 Å². The molecule has 0 aromatic carbocycles. The van der Waals surface area contributed by atoms with Gasteiger partial charge in [-0.2, -0.15) is 5.10 Å². The largest absolute Gasteiger partial charge is 0.416 e. The number of hydrogen-bond acceptors (Lipinski definition) is 6. The molecule has 0 amide bonds. The lowest BCUT2D eigenvalue weighted by molar-refractivity contribution is 0.322. The standard InChI is InChI=1S/C17H21N5OS/c1-2-4-13(5-3-1)6-7-16-20-21-17(23-16)24-11-14-8-9-22-15(10-14)18-12-19-22/h8-10,12-13H,1-7,11H2. The fourth-order valence-electron chi connectivity index (χ4n) is 3.29. The summed E-state index contributed by atoms with van der Waals surface area (Å²) in [5.74, 6) is 2.40. The van der Waals surface area contributed by atoms with Gasteiger partial charge in [0.1, 0.15) is 6.33 Å². The second-order valence-corrected chi connectivity index (χ2v) is 7.32. The summed E-state index contributed by atoms with van der Waals surface area (Å²) in [6, 6.07) is 4.06. The zero-order valence-electron chi connectivity index (χ0n) is 13.6. The minimum Gasteiger partial charge on any atom is -0.416 e. The van der Waals surface area contributed by atoms with E-state index in [1.807, 2.05) is 18.3 Å². The normalized spacial score (nSPS) is 16.0. The Hall–Kier alpha value is -1.89. The summed E-state index contributed by atoms with van der Waals surface area (Å²) in [5.41, 5.74) is 2.02. The topological polar surface area (TPSA) is 69.1 Å². The average Bonchev–Trinajstić information content (AvgIpc) is 3.28. The number of thioether (sulfide) groups is 1. The predicted molar refractivity (Wildman–Crippen MR) is 91.7 cm³/mol. The van der Waals surface area contributed by atoms with E-state index in [1.165, 1.54) is 44.1 Å². The highest BCUT2D eigenvalue weighted by atomic mass is 32.2. The molecule has 0 aliphatic heterocycles. The lowest BCUT2D eigenvalue weighted by atomic mass is 9.86. The maximum atomic E-state index is 5.78. The van der Waals surface area contributed by atoms with Crippen LogP contribution in [0.25, 0.3) is 5.65 Å². The van der Waals surface area contributed by atoms with Crippen molar-refractivity contribution >= 4 is 17.4 Å². The van der Waals surface area contributed by atoms with E-state index < -0.39 is 0 Å². The molecule has 0 atom stereocenters. The molecule has 1 saturated carbocycles. The molecule has 1 aliphatic rings. The van der Waals surface area contributed by atoms with Crippen molar-refractivity contribution < 1.29 is 4.42 Å². The first-order chi connectivity index (χ1) is 11.9. The van der Waals surface area contributed by atoms with E-state index >= 15 is 0 Å². The van der Waals surface area contributed by atoms with Crippen LogP contribution in [0.15, 0.2) is 34.3 Å². The van der Waals surface area contributed by atoms with Crippen LogP contribution in [0.5, 0.6) is 0 Å². The number of nitrogens with zero attached hydrogens (tertiary/aromatic N) is 5. The van der Waals surface area contributed by atoms with Gasteiger partial charge in [-0.25, -0.2) is 9.50 Å². The fourth-order valence-corrected chi connectivity index (χ4v) is 4.02. The fraction of sp³-hybridized carbons (Fsp3) is 0.529. The summed E-state index contributed by atoms with van der Waals surface area (Å²) < 4.78 is 7.53. The van der Waals surface area contributed by atoms with Gasteiger partial charge < -0.3 is 4.42 Å². The Morgan fingerprint density at radius 1 is 1.21 bits per heavy atom. The molecule has 24 heavy (non-hydrogen) atoms. The van der Waals surface area contributed by atoms with Gasteiger partial charge in [0.15, 0.2) is 5.65 Å². The molecule has 3 heterocycles. The molecule has 1 fully saturated rings. The molecule has 0 bridgehead atoms. The third-order valence-electron chi connectivity index (χ3n) is 4.65. The van der Waals surface area contributed by atoms with Gasteiger partial charge in [-0.05, 0) is 30.0 Å². The van der Waals surface area contributed by atoms with Gasteiger partial charge in [0.25, 0.3) is 5.22 Å². The third-order valence-corrected chi connectivity index (χ3v) is 5.54. The number of pyridine rings is 1. The van der Waals surface area contributed by atoms with Crippen LogP contribution in [0.4, 0.5) is 0 Å². The van der Waals surface area contributed by atoms with E-state index in [-0.39, 0.29) is 0 Å². The lowest BCUT2D eigenvalue weighted by Crippen LogP contribution is -2.07. The summed E-state index contributed by atoms with van der Waals surface area (Å²) in [7, 11) is 0. The van der Waals surface area contributed by atoms with Gasteiger partial charge in [-0.1, -0.05) is 43.9 Å². The highest BCUT2D eigenvalue weighted by Crippen LogP contribution is 2.28. The zero-order chi connectivity index (χ0) is 16.2. The first kappa shape index (κ1) is 15.6. The molecule has 7 heteroatoms. The third kappa shape index (κ3) is 3.77. The summed E-state index contributed by atoms with van der Waals surface area (Å²) in [6.45, 7) is 0. The van der Waals surface area contributed by atoms with Gasteiger partial charge >= 0.3 is 0 Å². The second kappa shape index (κ2) is 7.34. The van der Waals surface area contributed by atoms with E-state index in [4.69, 9.17) is 4.42 Å². The molecule has 0 radical (unpaired) electrons. The molecule has 4 rings (SSSR count). The molecule has 3 aromatic heterocycles. The van der Waals surface area contributed by atoms with Crippen molar-refractivity contribution in [2.24, 2.45) is 5.92 Å². The highest BCUT2D eigenvalue weighted by Gasteiger charge is 2.15. The van der Waals surface area contributed by atoms with Crippen molar-refractivity contribution in [3.8, 4) is 0 Å². The van der Waals surface area contributed by atoms with Crippen molar-refractivity contribution in [1.29, 1.82) is 0 Å². The number of rotatable bonds is 6. The van der Waals surface area contributed by atoms with Crippen LogP contribution in [0.2, 0.25) is 0 Å². The monoisotopic (exact) mass is 343 g/mol. The van der Waals surface area contributed by atoms with E-state index in [0.717, 1.165) is 29.6 Å². The van der Waals surface area contributed by atoms with Crippen LogP contribution in [-0.4, -0.2) is 24.8 Å². The molecule has 6 nitrogen and oxygen atoms in total. The van der Waals surface area contributed by atoms with Crippen LogP contribution in [-0.2, 0) is 12.2 Å². The van der Waals surface area contributed by atoms with Gasteiger partial charge in [-0.3, -0.25) is 0 Å². The van der Waals surface area contributed by atoms with Crippen molar-refractivity contribution in [2.45, 2.75) is 55.9 Å². The molecule has 1 aliphatic carbocycles. The molecule has 0 saturated heterocycles. The first-order valence-corrected chi connectivity index (χ1v) is 9.59. The van der Waals surface area contributed by atoms with Crippen molar-refractivity contribution in [2.75, 3.05) is 0 Å². The van der Waals surface area contributed by atoms with E-state index in [1.54, 1.807) is 22.6 Å². The highest BCUT2D eigenvalue weighted by molar-refractivity contribution is 7.98. The Morgan fingerprint density at radius 3 is 3.04 bits per heavy atom. The van der Waals surface area contributed by atoms with E-state index in [2.05, 4.69) is 20.3 Å². The SMILES string of the molecule is c1nc2cc(CSc3nnc(CCC4CCCCC4)o3)ccn2n1. The van der Waals surface area contributed by atoms with E-state index in [0.29, 0.717) is 5.22 Å². The van der Waals surface area contributed by atoms with Crippen molar-refractivity contribution in [3.63, 3.8) is 0 Å². The van der Waals surface area contributed by atoms with Crippen LogP contribution >= 0.6 is 11.8 Å². The minimum atomic E-state index is 0.648. The molecular formula is C17H21N5OS. The minimum absolute atomic E-state index is 0.648. The van der Waals surface area contributed by atoms with Crippen molar-refractivity contribution in [3.05, 3.63) is 36.1 Å². The lowest BCUT2D eigenvalue weighted by Gasteiger charge is -2.20. The Morgan fingerprint density at radius 2 is 2.12 bits per heavy atom. The Bertz CT molecular complexity index is 793. The quantitative estimate of drug-likeness (QED) is 0.632. The van der Waals surface area contributed by atoms with Gasteiger partial charge in [0.2, 0.25) is 5.89 Å². The maximum absolute atomic E-state index is 5.78. The zero-order valence-corrected chi connectivity index (χ0v) is 14.4. The van der Waals surface area contributed by atoms with Gasteiger partial charge in [0, 0.05) is 18.4 Å². The van der Waals surface area contributed by atoms with Gasteiger partial charge in [0.05, 0.1) is 0 Å². The predicted octanol–water partition coefficient (Wildman–Crippen LogP) is 3.92. The summed E-state index contributed by atoms with van der Waals surface area (Å²) in [4.78, 5) is 4.20. The van der Waals surface area contributed by atoms with Crippen molar-refractivity contribution in [1.82, 2.24) is 24.8 Å². The average molecular weight is 343 g/mol. The Balaban J connectivity index is 1.29. The maximum Gasteiger partial charge on any atom is 0.276 e. The molecule has 0 N–H and O–H groups in total. The first-order valence-electron chi connectivity index (χ1n) is 8.60. The molecule has 0 unspecified atom stereocenters. The van der Waals surface area contributed by atoms with E-state index in [9.17, 15) is 0 Å². The summed E-state index contributed by atoms with van der Waals surface area (Å²) in [6.07, 6.45) is 12.4. The second-order valence-electron chi connectivity index (χ2n) is 6.39. The Kier molecular flexibility index (Phi) is 4.78. The van der Waals surface area contributed by atoms with Gasteiger partial charge in [-0.15, -0.1) is 10.2 Å². The molecule has 126 valence electrons. The number of hydrogen-bond donors (Lipinski definition) is 0. The number of aryl methyl sites for hydroxylation is 1. The molecule has 0 spiro atoms. The van der Waals surface area contributed by atoms with Crippen LogP contribution < -0.4 is 0 Å². The molecular weight excluding hydrogens is 322 g/mol. The van der Waals surface area contributed by atoms with Crippen LogP contribution in [0.1, 0.15) is 50.0 Å². The number of aromatic nitrogens is 5. The summed E-state index contributed by atoms with van der Waals surface area (Å²) >= 11 is 1.57. The summed E-state index contributed by atoms with van der Waals surface area (Å²) in [5, 5.41) is 13.1.